The molecular weight excluding hydrogens is 110 g/mol. The van der Waals surface area contributed by atoms with Crippen LogP contribution in [0.25, 0.3) is 0 Å². The number of hydrogen-bond donors (Lipinski definition) is 1. The fraction of sp³-hybridized carbons (Fsp3) is 0.625. The minimum Gasteiger partial charge on any atom is -0.346 e. The van der Waals surface area contributed by atoms with Crippen LogP contribution in [-0.2, 0) is 0 Å². The fourth-order valence-corrected chi connectivity index (χ4v) is 0.639. The van der Waals surface area contributed by atoms with Crippen molar-refractivity contribution in [2.45, 2.75) is 25.7 Å². The van der Waals surface area contributed by atoms with Crippen LogP contribution in [0.3, 0.4) is 0 Å². The van der Waals surface area contributed by atoms with Crippen molar-refractivity contribution in [3.8, 4) is 12.5 Å². The minimum absolute atomic E-state index is 0.941. The van der Waals surface area contributed by atoms with E-state index in [0.717, 1.165) is 13.0 Å². The van der Waals surface area contributed by atoms with Gasteiger partial charge in [-0.25, -0.2) is 0 Å². The van der Waals surface area contributed by atoms with Crippen molar-refractivity contribution in [1.29, 1.82) is 0 Å². The predicted octanol–water partition coefficient (Wildman–Crippen LogP) is 1.56. The Kier molecular flexibility index (Phi) is 6.84. The molecule has 0 aromatic carbocycles. The highest BCUT2D eigenvalue weighted by molar-refractivity contribution is 4.79. The molecule has 0 aliphatic carbocycles. The molecule has 0 amide bonds. The van der Waals surface area contributed by atoms with Gasteiger partial charge in [0, 0.05) is 12.6 Å². The predicted molar refractivity (Wildman–Crippen MR) is 40.7 cm³/mol. The fourth-order valence-electron chi connectivity index (χ4n) is 0.639. The van der Waals surface area contributed by atoms with E-state index in [-0.39, 0.29) is 0 Å². The molecule has 0 heterocycles. The van der Waals surface area contributed by atoms with Crippen molar-refractivity contribution in [1.82, 2.24) is 5.32 Å². The van der Waals surface area contributed by atoms with Gasteiger partial charge in [-0.1, -0.05) is 32.6 Å². The standard InChI is InChI=1S/C8H14N/c1-3-5-6-7-8-9-4-2/h2,9H,1,3,5-8H2. The molecule has 0 bridgehead atoms. The summed E-state index contributed by atoms with van der Waals surface area (Å²) in [7, 11) is 0. The average Bonchev–Trinajstić information content (AvgIpc) is 1.89. The first-order valence-electron chi connectivity index (χ1n) is 3.39. The van der Waals surface area contributed by atoms with E-state index < -0.39 is 0 Å². The lowest BCUT2D eigenvalue weighted by Crippen LogP contribution is -2.06. The Balaban J connectivity index is 2.69. The zero-order chi connectivity index (χ0) is 6.95. The molecule has 51 valence electrons. The summed E-state index contributed by atoms with van der Waals surface area (Å²) in [6.45, 7) is 4.68. The first-order valence-corrected chi connectivity index (χ1v) is 3.39. The number of hydrogen-bond acceptors (Lipinski definition) is 1. The van der Waals surface area contributed by atoms with Crippen LogP contribution in [0.4, 0.5) is 0 Å². The summed E-state index contributed by atoms with van der Waals surface area (Å²) in [5.41, 5.74) is 0. The highest BCUT2D eigenvalue weighted by Gasteiger charge is 1.83. The lowest BCUT2D eigenvalue weighted by Gasteiger charge is -1.96. The number of terminal acetylenes is 1. The molecule has 0 unspecified atom stereocenters. The molecule has 9 heavy (non-hydrogen) atoms. The quantitative estimate of drug-likeness (QED) is 0.333. The first-order chi connectivity index (χ1) is 4.41. The van der Waals surface area contributed by atoms with Gasteiger partial charge in [-0.05, 0) is 6.42 Å². The van der Waals surface area contributed by atoms with E-state index in [4.69, 9.17) is 6.42 Å². The summed E-state index contributed by atoms with van der Waals surface area (Å²) in [6, 6.07) is 2.38. The topological polar surface area (TPSA) is 12.0 Å². The molecule has 0 aliphatic rings. The third-order valence-electron chi connectivity index (χ3n) is 1.15. The smallest absolute Gasteiger partial charge is 0.0229 e. The van der Waals surface area contributed by atoms with Gasteiger partial charge in [0.1, 0.15) is 0 Å². The summed E-state index contributed by atoms with van der Waals surface area (Å²) in [6.07, 6.45) is 9.62. The van der Waals surface area contributed by atoms with Gasteiger partial charge >= 0.3 is 0 Å². The van der Waals surface area contributed by atoms with Gasteiger partial charge in [-0.15, -0.1) is 0 Å². The monoisotopic (exact) mass is 124 g/mol. The van der Waals surface area contributed by atoms with E-state index in [0.29, 0.717) is 0 Å². The maximum Gasteiger partial charge on any atom is 0.0229 e. The van der Waals surface area contributed by atoms with Gasteiger partial charge in [0.05, 0.1) is 0 Å². The molecule has 1 N–H and O–H groups in total. The van der Waals surface area contributed by atoms with Crippen LogP contribution >= 0.6 is 0 Å². The van der Waals surface area contributed by atoms with Gasteiger partial charge in [-0.2, -0.15) is 0 Å². The molecule has 0 fully saturated rings. The number of unbranched alkanes of at least 4 members (excludes halogenated alkanes) is 3. The second-order valence-electron chi connectivity index (χ2n) is 1.99. The number of nitrogens with one attached hydrogen (secondary N) is 1. The van der Waals surface area contributed by atoms with Gasteiger partial charge in [0.15, 0.2) is 0 Å². The van der Waals surface area contributed by atoms with Crippen LogP contribution in [0.1, 0.15) is 25.7 Å². The summed E-state index contributed by atoms with van der Waals surface area (Å²) in [5.74, 6) is 0. The zero-order valence-corrected chi connectivity index (χ0v) is 5.82. The maximum atomic E-state index is 4.97. The summed E-state index contributed by atoms with van der Waals surface area (Å²) < 4.78 is 0. The SMILES string of the molecule is C#CNCCCCC[CH2]. The molecular formula is C8H14N. The molecule has 0 saturated heterocycles. The van der Waals surface area contributed by atoms with Crippen LogP contribution in [0, 0.1) is 19.4 Å². The Hall–Kier alpha value is -0.640. The molecule has 0 aliphatic heterocycles. The Labute approximate surface area is 57.8 Å². The Morgan fingerprint density at radius 2 is 2.11 bits per heavy atom. The molecule has 0 rings (SSSR count). The summed E-state index contributed by atoms with van der Waals surface area (Å²) in [5, 5.41) is 2.81. The van der Waals surface area contributed by atoms with Crippen LogP contribution < -0.4 is 5.32 Å². The number of rotatable bonds is 5. The second-order valence-corrected chi connectivity index (χ2v) is 1.99. The minimum atomic E-state index is 0.941. The summed E-state index contributed by atoms with van der Waals surface area (Å²) in [4.78, 5) is 0. The first kappa shape index (κ1) is 8.36. The third-order valence-corrected chi connectivity index (χ3v) is 1.15. The van der Waals surface area contributed by atoms with Crippen molar-refractivity contribution in [2.24, 2.45) is 0 Å². The molecule has 0 spiro atoms. The molecule has 1 nitrogen and oxygen atoms in total. The molecule has 1 radical (unpaired) electrons. The Morgan fingerprint density at radius 1 is 1.33 bits per heavy atom. The normalized spacial score (nSPS) is 8.44. The summed E-state index contributed by atoms with van der Waals surface area (Å²) >= 11 is 0. The van der Waals surface area contributed by atoms with Crippen LogP contribution in [-0.4, -0.2) is 6.54 Å². The lowest BCUT2D eigenvalue weighted by molar-refractivity contribution is 0.666. The van der Waals surface area contributed by atoms with Crippen LogP contribution in [0.15, 0.2) is 0 Å². The molecule has 0 aromatic rings. The van der Waals surface area contributed by atoms with E-state index >= 15 is 0 Å². The van der Waals surface area contributed by atoms with E-state index in [1.165, 1.54) is 19.3 Å². The zero-order valence-electron chi connectivity index (χ0n) is 5.82. The maximum absolute atomic E-state index is 4.97. The van der Waals surface area contributed by atoms with E-state index in [2.05, 4.69) is 18.3 Å². The van der Waals surface area contributed by atoms with Crippen molar-refractivity contribution >= 4 is 0 Å². The van der Waals surface area contributed by atoms with Gasteiger partial charge in [0.25, 0.3) is 0 Å². The third kappa shape index (κ3) is 7.36. The molecule has 0 aromatic heterocycles. The van der Waals surface area contributed by atoms with Crippen LogP contribution in [0.2, 0.25) is 0 Å². The van der Waals surface area contributed by atoms with Crippen molar-refractivity contribution in [3.05, 3.63) is 6.92 Å². The Bertz CT molecular complexity index is 81.1. The van der Waals surface area contributed by atoms with Crippen LogP contribution in [0.5, 0.6) is 0 Å². The second kappa shape index (κ2) is 7.36. The van der Waals surface area contributed by atoms with Crippen molar-refractivity contribution < 1.29 is 0 Å². The van der Waals surface area contributed by atoms with Gasteiger partial charge < -0.3 is 5.32 Å². The lowest BCUT2D eigenvalue weighted by atomic mass is 10.2. The van der Waals surface area contributed by atoms with E-state index in [1.807, 2.05) is 0 Å². The Morgan fingerprint density at radius 3 is 2.67 bits per heavy atom. The van der Waals surface area contributed by atoms with Crippen molar-refractivity contribution in [3.63, 3.8) is 0 Å². The highest BCUT2D eigenvalue weighted by atomic mass is 14.8. The highest BCUT2D eigenvalue weighted by Crippen LogP contribution is 1.95. The van der Waals surface area contributed by atoms with Crippen molar-refractivity contribution in [2.75, 3.05) is 6.54 Å². The van der Waals surface area contributed by atoms with Gasteiger partial charge in [-0.3, -0.25) is 0 Å². The van der Waals surface area contributed by atoms with Gasteiger partial charge in [0.2, 0.25) is 0 Å². The average molecular weight is 124 g/mol. The van der Waals surface area contributed by atoms with E-state index in [1.54, 1.807) is 0 Å². The molecule has 0 atom stereocenters. The largest absolute Gasteiger partial charge is 0.346 e. The van der Waals surface area contributed by atoms with E-state index in [9.17, 15) is 0 Å². The molecule has 1 heteroatoms. The molecule has 0 saturated carbocycles.